The van der Waals surface area contributed by atoms with Crippen molar-refractivity contribution in [1.82, 2.24) is 9.80 Å². The number of amides is 3. The maximum Gasteiger partial charge on any atom is 0.322 e. The highest BCUT2D eigenvalue weighted by molar-refractivity contribution is 5.93. The Morgan fingerprint density at radius 3 is 2.36 bits per heavy atom. The van der Waals surface area contributed by atoms with Crippen LogP contribution in [0.5, 0.6) is 0 Å². The molecule has 1 aliphatic carbocycles. The molecule has 0 unspecified atom stereocenters. The zero-order valence-corrected chi connectivity index (χ0v) is 15.4. The Morgan fingerprint density at radius 2 is 1.76 bits per heavy atom. The van der Waals surface area contributed by atoms with Gasteiger partial charge in [-0.1, -0.05) is 19.1 Å². The van der Waals surface area contributed by atoms with Crippen LogP contribution in [0, 0.1) is 11.8 Å². The zero-order valence-electron chi connectivity index (χ0n) is 15.4. The predicted molar refractivity (Wildman–Crippen MR) is 99.8 cm³/mol. The fourth-order valence-electron chi connectivity index (χ4n) is 3.31. The van der Waals surface area contributed by atoms with Gasteiger partial charge in [0.15, 0.2) is 0 Å². The van der Waals surface area contributed by atoms with Crippen LogP contribution in [0.15, 0.2) is 24.3 Å². The Labute approximate surface area is 149 Å². The van der Waals surface area contributed by atoms with Gasteiger partial charge in [-0.2, -0.15) is 0 Å². The lowest BCUT2D eigenvalue weighted by Gasteiger charge is -2.35. The van der Waals surface area contributed by atoms with E-state index in [9.17, 15) is 9.59 Å². The van der Waals surface area contributed by atoms with E-state index in [1.807, 2.05) is 36.2 Å². The topological polar surface area (TPSA) is 55.9 Å². The first-order valence-electron chi connectivity index (χ1n) is 9.16. The third kappa shape index (κ3) is 3.89. The predicted octanol–water partition coefficient (Wildman–Crippen LogP) is 2.47. The van der Waals surface area contributed by atoms with E-state index in [2.05, 4.69) is 24.1 Å². The number of hydrogen-bond donors (Lipinski definition) is 1. The average molecular weight is 344 g/mol. The quantitative estimate of drug-likeness (QED) is 0.913. The molecular formula is C19H28N4O2. The average Bonchev–Trinajstić information content (AvgIpc) is 3.37. The molecule has 136 valence electrons. The first kappa shape index (κ1) is 17.6. The lowest BCUT2D eigenvalue weighted by Crippen LogP contribution is -2.52. The zero-order chi connectivity index (χ0) is 18.0. The van der Waals surface area contributed by atoms with Crippen molar-refractivity contribution in [2.75, 3.05) is 50.0 Å². The molecule has 1 saturated heterocycles. The minimum absolute atomic E-state index is 0.0937. The fourth-order valence-corrected chi connectivity index (χ4v) is 3.31. The van der Waals surface area contributed by atoms with E-state index in [0.29, 0.717) is 32.1 Å². The van der Waals surface area contributed by atoms with Crippen molar-refractivity contribution in [3.63, 3.8) is 0 Å². The Hall–Kier alpha value is -2.24. The maximum absolute atomic E-state index is 12.6. The highest BCUT2D eigenvalue weighted by atomic mass is 16.2. The second kappa shape index (κ2) is 7.33. The van der Waals surface area contributed by atoms with Gasteiger partial charge >= 0.3 is 6.03 Å². The van der Waals surface area contributed by atoms with Crippen LogP contribution in [0.2, 0.25) is 0 Å². The van der Waals surface area contributed by atoms with E-state index >= 15 is 0 Å². The maximum atomic E-state index is 12.6. The van der Waals surface area contributed by atoms with Gasteiger partial charge in [0.2, 0.25) is 5.91 Å². The molecule has 0 radical (unpaired) electrons. The number of anilines is 2. The molecule has 6 heteroatoms. The Balaban J connectivity index is 1.56. The molecule has 2 atom stereocenters. The largest absolute Gasteiger partial charge is 0.373 e. The standard InChI is InChI=1S/C19H28N4O2/c1-4-21(3)17-8-6-5-7-16(17)20-19(25)23-11-9-22(10-12-23)18(24)15-13-14(15)2/h5-8,14-15H,4,9-13H2,1-3H3,(H,20,25)/t14-,15-/m1/s1. The molecule has 1 aromatic carbocycles. The van der Waals surface area contributed by atoms with Crippen LogP contribution >= 0.6 is 0 Å². The number of piperazine rings is 1. The summed E-state index contributed by atoms with van der Waals surface area (Å²) in [7, 11) is 2.01. The van der Waals surface area contributed by atoms with Crippen molar-refractivity contribution in [2.24, 2.45) is 11.8 Å². The first-order valence-corrected chi connectivity index (χ1v) is 9.16. The molecule has 1 aliphatic heterocycles. The summed E-state index contributed by atoms with van der Waals surface area (Å²) in [4.78, 5) is 30.7. The highest BCUT2D eigenvalue weighted by Crippen LogP contribution is 2.39. The number of rotatable bonds is 4. The summed E-state index contributed by atoms with van der Waals surface area (Å²) in [5.41, 5.74) is 1.83. The molecule has 0 bridgehead atoms. The van der Waals surface area contributed by atoms with Crippen LogP contribution in [0.3, 0.4) is 0 Å². The van der Waals surface area contributed by atoms with Crippen molar-refractivity contribution < 1.29 is 9.59 Å². The minimum atomic E-state index is -0.0937. The summed E-state index contributed by atoms with van der Waals surface area (Å²) in [6.07, 6.45) is 1.02. The van der Waals surface area contributed by atoms with Crippen molar-refractivity contribution in [2.45, 2.75) is 20.3 Å². The van der Waals surface area contributed by atoms with Crippen molar-refractivity contribution in [1.29, 1.82) is 0 Å². The van der Waals surface area contributed by atoms with Crippen molar-refractivity contribution in [3.8, 4) is 0 Å². The summed E-state index contributed by atoms with van der Waals surface area (Å²) >= 11 is 0. The summed E-state index contributed by atoms with van der Waals surface area (Å²) in [6.45, 7) is 7.51. The molecule has 0 spiro atoms. The van der Waals surface area contributed by atoms with E-state index in [4.69, 9.17) is 0 Å². The molecule has 25 heavy (non-hydrogen) atoms. The van der Waals surface area contributed by atoms with Crippen molar-refractivity contribution >= 4 is 23.3 Å². The van der Waals surface area contributed by atoms with Crippen LogP contribution in [-0.2, 0) is 4.79 Å². The van der Waals surface area contributed by atoms with E-state index in [0.717, 1.165) is 24.3 Å². The molecule has 1 aromatic rings. The summed E-state index contributed by atoms with van der Waals surface area (Å²) < 4.78 is 0. The molecule has 1 saturated carbocycles. The van der Waals surface area contributed by atoms with E-state index in [1.54, 1.807) is 4.90 Å². The molecule has 3 rings (SSSR count). The molecule has 3 amide bonds. The Morgan fingerprint density at radius 1 is 1.16 bits per heavy atom. The summed E-state index contributed by atoms with van der Waals surface area (Å²) in [6, 6.07) is 7.74. The number of carbonyl (C=O) groups is 2. The smallest absolute Gasteiger partial charge is 0.322 e. The second-order valence-corrected chi connectivity index (χ2v) is 7.09. The van der Waals surface area contributed by atoms with Gasteiger partial charge in [0, 0.05) is 45.7 Å². The molecule has 0 aromatic heterocycles. The van der Waals surface area contributed by atoms with E-state index < -0.39 is 0 Å². The lowest BCUT2D eigenvalue weighted by molar-refractivity contribution is -0.134. The number of nitrogens with zero attached hydrogens (tertiary/aromatic N) is 3. The van der Waals surface area contributed by atoms with Gasteiger partial charge in [-0.25, -0.2) is 4.79 Å². The number of hydrogen-bond acceptors (Lipinski definition) is 3. The molecule has 1 heterocycles. The first-order chi connectivity index (χ1) is 12.0. The third-order valence-corrected chi connectivity index (χ3v) is 5.34. The monoisotopic (exact) mass is 344 g/mol. The number of para-hydroxylation sites is 2. The number of benzene rings is 1. The van der Waals surface area contributed by atoms with Gasteiger partial charge in [-0.15, -0.1) is 0 Å². The fraction of sp³-hybridized carbons (Fsp3) is 0.579. The lowest BCUT2D eigenvalue weighted by atomic mass is 10.2. The SMILES string of the molecule is CCN(C)c1ccccc1NC(=O)N1CCN(C(=O)[C@@H]2C[C@H]2C)CC1. The van der Waals surface area contributed by atoms with Gasteiger partial charge in [0.25, 0.3) is 0 Å². The minimum Gasteiger partial charge on any atom is -0.373 e. The third-order valence-electron chi connectivity index (χ3n) is 5.34. The molecule has 6 nitrogen and oxygen atoms in total. The van der Waals surface area contributed by atoms with Gasteiger partial charge in [0.1, 0.15) is 0 Å². The number of nitrogens with one attached hydrogen (secondary N) is 1. The van der Waals surface area contributed by atoms with Crippen LogP contribution < -0.4 is 10.2 Å². The molecular weight excluding hydrogens is 316 g/mol. The van der Waals surface area contributed by atoms with Gasteiger partial charge in [-0.3, -0.25) is 4.79 Å². The summed E-state index contributed by atoms with van der Waals surface area (Å²) in [5, 5.41) is 3.02. The van der Waals surface area contributed by atoms with Crippen LogP contribution in [0.1, 0.15) is 20.3 Å². The van der Waals surface area contributed by atoms with Crippen LogP contribution in [0.25, 0.3) is 0 Å². The van der Waals surface area contributed by atoms with E-state index in [-0.39, 0.29) is 17.9 Å². The number of carbonyl (C=O) groups excluding carboxylic acids is 2. The second-order valence-electron chi connectivity index (χ2n) is 7.09. The van der Waals surface area contributed by atoms with Gasteiger partial charge in [0.05, 0.1) is 11.4 Å². The Bertz CT molecular complexity index is 640. The van der Waals surface area contributed by atoms with Crippen LogP contribution in [-0.4, -0.2) is 61.5 Å². The molecule has 2 fully saturated rings. The Kier molecular flexibility index (Phi) is 5.16. The van der Waals surface area contributed by atoms with E-state index in [1.165, 1.54) is 0 Å². The van der Waals surface area contributed by atoms with Gasteiger partial charge in [-0.05, 0) is 31.4 Å². The summed E-state index contributed by atoms with van der Waals surface area (Å²) in [5.74, 6) is 1.01. The van der Waals surface area contributed by atoms with Gasteiger partial charge < -0.3 is 20.0 Å². The number of urea groups is 1. The molecule has 1 N–H and O–H groups in total. The molecule has 2 aliphatic rings. The van der Waals surface area contributed by atoms with Crippen molar-refractivity contribution in [3.05, 3.63) is 24.3 Å². The normalized spacial score (nSPS) is 22.5. The highest BCUT2D eigenvalue weighted by Gasteiger charge is 2.42. The van der Waals surface area contributed by atoms with Crippen LogP contribution in [0.4, 0.5) is 16.2 Å².